The molecule has 0 aliphatic carbocycles. The average molecular weight is 271 g/mol. The van der Waals surface area contributed by atoms with Crippen LogP contribution >= 0.6 is 11.6 Å². The summed E-state index contributed by atoms with van der Waals surface area (Å²) < 4.78 is 4.52. The number of anilines is 1. The lowest BCUT2D eigenvalue weighted by molar-refractivity contribution is -0.138. The Balaban J connectivity index is 2.89. The van der Waals surface area contributed by atoms with Crippen LogP contribution in [0.5, 0.6) is 0 Å². The molecule has 0 saturated carbocycles. The molecule has 1 rings (SSSR count). The highest BCUT2D eigenvalue weighted by Gasteiger charge is 2.12. The van der Waals surface area contributed by atoms with E-state index in [0.29, 0.717) is 22.8 Å². The van der Waals surface area contributed by atoms with Gasteiger partial charge in [0.2, 0.25) is 0 Å². The number of hydrogen-bond donors (Lipinski definition) is 2. The second-order valence-electron chi connectivity index (χ2n) is 3.48. The Kier molecular flexibility index (Phi) is 5.45. The molecule has 1 aromatic carbocycles. The highest BCUT2D eigenvalue weighted by atomic mass is 35.5. The predicted octanol–water partition coefficient (Wildman–Crippen LogP) is 1.67. The SMILES string of the molecule is CCNC(=O)c1ccc(Cl)cc1NCC(=O)OC. The quantitative estimate of drug-likeness (QED) is 0.799. The van der Waals surface area contributed by atoms with Gasteiger partial charge in [-0.1, -0.05) is 11.6 Å². The minimum Gasteiger partial charge on any atom is -0.468 e. The van der Waals surface area contributed by atoms with Crippen molar-refractivity contribution in [3.8, 4) is 0 Å². The van der Waals surface area contributed by atoms with Crippen LogP contribution in [0.2, 0.25) is 5.02 Å². The molecule has 5 nitrogen and oxygen atoms in total. The van der Waals surface area contributed by atoms with E-state index in [1.807, 2.05) is 6.92 Å². The standard InChI is InChI=1S/C12H15ClN2O3/c1-3-14-12(17)9-5-4-8(13)6-10(9)15-7-11(16)18-2/h4-6,15H,3,7H2,1-2H3,(H,14,17). The summed E-state index contributed by atoms with van der Waals surface area (Å²) in [4.78, 5) is 22.8. The van der Waals surface area contributed by atoms with Gasteiger partial charge in [-0.15, -0.1) is 0 Å². The second-order valence-corrected chi connectivity index (χ2v) is 3.92. The van der Waals surface area contributed by atoms with Gasteiger partial charge in [0, 0.05) is 17.3 Å². The Morgan fingerprint density at radius 1 is 1.39 bits per heavy atom. The smallest absolute Gasteiger partial charge is 0.325 e. The number of rotatable bonds is 5. The number of amides is 1. The minimum atomic E-state index is -0.420. The summed E-state index contributed by atoms with van der Waals surface area (Å²) in [5.41, 5.74) is 0.934. The number of halogens is 1. The first kappa shape index (κ1) is 14.3. The maximum absolute atomic E-state index is 11.8. The van der Waals surface area contributed by atoms with Crippen LogP contribution in [0.1, 0.15) is 17.3 Å². The summed E-state index contributed by atoms with van der Waals surface area (Å²) in [5, 5.41) is 5.99. The van der Waals surface area contributed by atoms with E-state index in [0.717, 1.165) is 0 Å². The highest BCUT2D eigenvalue weighted by molar-refractivity contribution is 6.31. The zero-order valence-electron chi connectivity index (χ0n) is 10.2. The molecular formula is C12H15ClN2O3. The zero-order chi connectivity index (χ0) is 13.5. The lowest BCUT2D eigenvalue weighted by atomic mass is 10.1. The number of nitrogens with one attached hydrogen (secondary N) is 2. The van der Waals surface area contributed by atoms with Crippen molar-refractivity contribution in [2.24, 2.45) is 0 Å². The van der Waals surface area contributed by atoms with Crippen LogP contribution in [0, 0.1) is 0 Å². The van der Waals surface area contributed by atoms with Gasteiger partial charge >= 0.3 is 5.97 Å². The van der Waals surface area contributed by atoms with Gasteiger partial charge in [0.25, 0.3) is 5.91 Å². The lowest BCUT2D eigenvalue weighted by Crippen LogP contribution is -2.24. The molecule has 0 spiro atoms. The topological polar surface area (TPSA) is 67.4 Å². The predicted molar refractivity (Wildman–Crippen MR) is 70.0 cm³/mol. The third-order valence-corrected chi connectivity index (χ3v) is 2.45. The first-order valence-corrected chi connectivity index (χ1v) is 5.84. The van der Waals surface area contributed by atoms with Crippen molar-refractivity contribution in [2.75, 3.05) is 25.5 Å². The molecule has 0 aliphatic heterocycles. The lowest BCUT2D eigenvalue weighted by Gasteiger charge is -2.11. The molecule has 18 heavy (non-hydrogen) atoms. The molecule has 0 atom stereocenters. The number of carbonyl (C=O) groups excluding carboxylic acids is 2. The molecule has 0 unspecified atom stereocenters. The fourth-order valence-corrected chi connectivity index (χ4v) is 1.53. The van der Waals surface area contributed by atoms with Gasteiger partial charge in [-0.05, 0) is 25.1 Å². The molecule has 0 fully saturated rings. The van der Waals surface area contributed by atoms with Crippen LogP contribution < -0.4 is 10.6 Å². The Bertz CT molecular complexity index is 449. The summed E-state index contributed by atoms with van der Waals surface area (Å²) in [6.45, 7) is 2.33. The third kappa shape index (κ3) is 3.92. The average Bonchev–Trinajstić information content (AvgIpc) is 2.36. The van der Waals surface area contributed by atoms with E-state index in [1.54, 1.807) is 18.2 Å². The van der Waals surface area contributed by atoms with Crippen LogP contribution in [0.15, 0.2) is 18.2 Å². The Morgan fingerprint density at radius 3 is 2.72 bits per heavy atom. The Labute approximate surface area is 110 Å². The Hall–Kier alpha value is -1.75. The molecule has 0 aliphatic rings. The van der Waals surface area contributed by atoms with Crippen molar-refractivity contribution in [2.45, 2.75) is 6.92 Å². The van der Waals surface area contributed by atoms with Gasteiger partial charge in [-0.25, -0.2) is 0 Å². The first-order chi connectivity index (χ1) is 8.58. The molecule has 1 aromatic rings. The number of ether oxygens (including phenoxy) is 1. The summed E-state index contributed by atoms with van der Waals surface area (Å²) in [6, 6.07) is 4.82. The van der Waals surface area contributed by atoms with Crippen molar-refractivity contribution >= 4 is 29.2 Å². The maximum atomic E-state index is 11.8. The fourth-order valence-electron chi connectivity index (χ4n) is 1.36. The second kappa shape index (κ2) is 6.86. The normalized spacial score (nSPS) is 9.72. The van der Waals surface area contributed by atoms with Crippen LogP contribution in [-0.4, -0.2) is 32.1 Å². The molecule has 2 N–H and O–H groups in total. The molecule has 1 amide bonds. The van der Waals surface area contributed by atoms with E-state index in [2.05, 4.69) is 15.4 Å². The molecule has 0 bridgehead atoms. The van der Waals surface area contributed by atoms with Gasteiger partial charge < -0.3 is 15.4 Å². The van der Waals surface area contributed by atoms with Gasteiger partial charge in [-0.3, -0.25) is 9.59 Å². The van der Waals surface area contributed by atoms with Crippen LogP contribution in [-0.2, 0) is 9.53 Å². The fraction of sp³-hybridized carbons (Fsp3) is 0.333. The summed E-state index contributed by atoms with van der Waals surface area (Å²) in [6.07, 6.45) is 0. The van der Waals surface area contributed by atoms with E-state index in [9.17, 15) is 9.59 Å². The van der Waals surface area contributed by atoms with E-state index in [4.69, 9.17) is 11.6 Å². The van der Waals surface area contributed by atoms with E-state index >= 15 is 0 Å². The molecule has 98 valence electrons. The molecule has 0 radical (unpaired) electrons. The van der Waals surface area contributed by atoms with Crippen molar-refractivity contribution in [3.05, 3.63) is 28.8 Å². The largest absolute Gasteiger partial charge is 0.468 e. The van der Waals surface area contributed by atoms with E-state index < -0.39 is 5.97 Å². The van der Waals surface area contributed by atoms with Gasteiger partial charge in [-0.2, -0.15) is 0 Å². The van der Waals surface area contributed by atoms with Crippen LogP contribution in [0.3, 0.4) is 0 Å². The molecule has 0 heterocycles. The molecular weight excluding hydrogens is 256 g/mol. The number of esters is 1. The number of methoxy groups -OCH3 is 1. The summed E-state index contributed by atoms with van der Waals surface area (Å²) >= 11 is 5.86. The van der Waals surface area contributed by atoms with Gasteiger partial charge in [0.15, 0.2) is 0 Å². The van der Waals surface area contributed by atoms with Crippen LogP contribution in [0.25, 0.3) is 0 Å². The summed E-state index contributed by atoms with van der Waals surface area (Å²) in [5.74, 6) is -0.640. The Morgan fingerprint density at radius 2 is 2.11 bits per heavy atom. The van der Waals surface area contributed by atoms with Crippen molar-refractivity contribution in [1.82, 2.24) is 5.32 Å². The highest BCUT2D eigenvalue weighted by Crippen LogP contribution is 2.21. The van der Waals surface area contributed by atoms with Gasteiger partial charge in [0.1, 0.15) is 6.54 Å². The molecule has 0 aromatic heterocycles. The van der Waals surface area contributed by atoms with Crippen molar-refractivity contribution in [1.29, 1.82) is 0 Å². The monoisotopic (exact) mass is 270 g/mol. The van der Waals surface area contributed by atoms with E-state index in [1.165, 1.54) is 7.11 Å². The van der Waals surface area contributed by atoms with E-state index in [-0.39, 0.29) is 12.5 Å². The zero-order valence-corrected chi connectivity index (χ0v) is 11.0. The molecule has 0 saturated heterocycles. The molecule has 6 heteroatoms. The number of hydrogen-bond acceptors (Lipinski definition) is 4. The minimum absolute atomic E-state index is 0.0246. The third-order valence-electron chi connectivity index (χ3n) is 2.21. The van der Waals surface area contributed by atoms with Crippen molar-refractivity contribution < 1.29 is 14.3 Å². The van der Waals surface area contributed by atoms with Crippen LogP contribution in [0.4, 0.5) is 5.69 Å². The number of carbonyl (C=O) groups is 2. The van der Waals surface area contributed by atoms with Gasteiger partial charge in [0.05, 0.1) is 12.7 Å². The summed E-state index contributed by atoms with van der Waals surface area (Å²) in [7, 11) is 1.30. The van der Waals surface area contributed by atoms with Crippen molar-refractivity contribution in [3.63, 3.8) is 0 Å². The first-order valence-electron chi connectivity index (χ1n) is 5.47. The maximum Gasteiger partial charge on any atom is 0.325 e. The number of benzene rings is 1.